The third-order valence-electron chi connectivity index (χ3n) is 11.8. The van der Waals surface area contributed by atoms with Gasteiger partial charge in [-0.1, -0.05) is 140 Å². The van der Waals surface area contributed by atoms with Crippen LogP contribution in [-0.2, 0) is 19.1 Å². The van der Waals surface area contributed by atoms with E-state index < -0.39 is 0 Å². The van der Waals surface area contributed by atoms with Gasteiger partial charge in [0.25, 0.3) is 0 Å². The number of nitrogens with zero attached hydrogens (tertiary/aromatic N) is 2. The van der Waals surface area contributed by atoms with Crippen LogP contribution < -0.4 is 0 Å². The molecule has 0 aromatic carbocycles. The van der Waals surface area contributed by atoms with Crippen molar-refractivity contribution in [3.8, 4) is 0 Å². The van der Waals surface area contributed by atoms with Crippen LogP contribution in [0.15, 0.2) is 48.6 Å². The lowest BCUT2D eigenvalue weighted by Gasteiger charge is -2.23. The molecular weight excluding hydrogens is 741 g/mol. The fraction of sp³-hybridized carbons (Fsp3) is 0.815. The van der Waals surface area contributed by atoms with Crippen LogP contribution in [0.3, 0.4) is 0 Å². The second kappa shape index (κ2) is 46.3. The maximum Gasteiger partial charge on any atom is 0.305 e. The summed E-state index contributed by atoms with van der Waals surface area (Å²) in [6, 6.07) is 0. The maximum absolute atomic E-state index is 12.4. The van der Waals surface area contributed by atoms with Crippen molar-refractivity contribution in [3.63, 3.8) is 0 Å². The third-order valence-corrected chi connectivity index (χ3v) is 11.8. The van der Waals surface area contributed by atoms with Gasteiger partial charge in [0.15, 0.2) is 0 Å². The van der Waals surface area contributed by atoms with Gasteiger partial charge in [0.2, 0.25) is 0 Å². The topological polar surface area (TPSA) is 59.1 Å². The summed E-state index contributed by atoms with van der Waals surface area (Å²) in [5, 5.41) is 0. The monoisotopic (exact) mass is 839 g/mol. The van der Waals surface area contributed by atoms with Crippen molar-refractivity contribution in [1.82, 2.24) is 9.80 Å². The molecule has 0 aromatic rings. The smallest absolute Gasteiger partial charge is 0.305 e. The van der Waals surface area contributed by atoms with Gasteiger partial charge >= 0.3 is 11.9 Å². The maximum atomic E-state index is 12.4. The highest BCUT2D eigenvalue weighted by molar-refractivity contribution is 5.69. The number of rotatable bonds is 45. The average molecular weight is 839 g/mol. The van der Waals surface area contributed by atoms with E-state index in [0.717, 1.165) is 83.8 Å². The molecule has 1 aliphatic rings. The van der Waals surface area contributed by atoms with E-state index in [0.29, 0.717) is 26.1 Å². The normalized spacial score (nSPS) is 13.7. The van der Waals surface area contributed by atoms with Crippen LogP contribution in [0.2, 0.25) is 0 Å². The van der Waals surface area contributed by atoms with Crippen molar-refractivity contribution in [2.24, 2.45) is 0 Å². The predicted molar refractivity (Wildman–Crippen MR) is 260 cm³/mol. The molecule has 60 heavy (non-hydrogen) atoms. The summed E-state index contributed by atoms with van der Waals surface area (Å²) in [5.41, 5.74) is 0. The van der Waals surface area contributed by atoms with Gasteiger partial charge in [-0.3, -0.25) is 9.59 Å². The van der Waals surface area contributed by atoms with Crippen molar-refractivity contribution in [3.05, 3.63) is 48.6 Å². The lowest BCUT2D eigenvalue weighted by Crippen LogP contribution is -2.28. The average Bonchev–Trinajstić information content (AvgIpc) is 3.78. The van der Waals surface area contributed by atoms with Crippen LogP contribution in [-0.4, -0.2) is 74.2 Å². The summed E-state index contributed by atoms with van der Waals surface area (Å²) >= 11 is 0. The molecule has 1 rings (SSSR count). The Kier molecular flexibility index (Phi) is 43.1. The van der Waals surface area contributed by atoms with Gasteiger partial charge in [0.1, 0.15) is 0 Å². The predicted octanol–water partition coefficient (Wildman–Crippen LogP) is 15.2. The number of hydrogen-bond acceptors (Lipinski definition) is 6. The minimum atomic E-state index is -0.0382. The molecule has 0 aromatic heterocycles. The highest BCUT2D eigenvalue weighted by Gasteiger charge is 2.12. The third kappa shape index (κ3) is 41.2. The molecule has 1 fully saturated rings. The van der Waals surface area contributed by atoms with Gasteiger partial charge in [0.05, 0.1) is 13.2 Å². The molecule has 0 atom stereocenters. The van der Waals surface area contributed by atoms with Crippen LogP contribution in [0, 0.1) is 0 Å². The molecule has 0 spiro atoms. The summed E-state index contributed by atoms with van der Waals surface area (Å²) in [7, 11) is 0. The Labute approximate surface area is 372 Å². The Morgan fingerprint density at radius 1 is 0.433 bits per heavy atom. The lowest BCUT2D eigenvalue weighted by atomic mass is 10.1. The molecule has 1 saturated heterocycles. The summed E-state index contributed by atoms with van der Waals surface area (Å²) in [6.45, 7) is 12.5. The van der Waals surface area contributed by atoms with Gasteiger partial charge in [-0.15, -0.1) is 0 Å². The molecule has 0 aliphatic carbocycles. The number of hydrogen-bond donors (Lipinski definition) is 0. The first-order chi connectivity index (χ1) is 29.7. The van der Waals surface area contributed by atoms with Crippen LogP contribution in [0.25, 0.3) is 0 Å². The van der Waals surface area contributed by atoms with Crippen LogP contribution >= 0.6 is 0 Å². The summed E-state index contributed by atoms with van der Waals surface area (Å²) in [5.74, 6) is -0.0765. The van der Waals surface area contributed by atoms with Crippen molar-refractivity contribution in [2.45, 2.75) is 232 Å². The Morgan fingerprint density at radius 2 is 0.800 bits per heavy atom. The second-order valence-electron chi connectivity index (χ2n) is 17.6. The number of ether oxygens (including phenoxy) is 2. The number of esters is 2. The lowest BCUT2D eigenvalue weighted by molar-refractivity contribution is -0.144. The van der Waals surface area contributed by atoms with E-state index >= 15 is 0 Å². The fourth-order valence-corrected chi connectivity index (χ4v) is 7.92. The van der Waals surface area contributed by atoms with E-state index in [9.17, 15) is 9.59 Å². The van der Waals surface area contributed by atoms with Crippen LogP contribution in [0.1, 0.15) is 232 Å². The minimum Gasteiger partial charge on any atom is -0.466 e. The Bertz CT molecular complexity index is 976. The van der Waals surface area contributed by atoms with Gasteiger partial charge in [-0.25, -0.2) is 0 Å². The Balaban J connectivity index is 2.07. The number of allylic oxidation sites excluding steroid dienone is 8. The number of unbranched alkanes of at least 4 members (excludes halogenated alkanes) is 21. The largest absolute Gasteiger partial charge is 0.466 e. The van der Waals surface area contributed by atoms with E-state index in [1.165, 1.54) is 161 Å². The summed E-state index contributed by atoms with van der Waals surface area (Å²) < 4.78 is 11.1. The van der Waals surface area contributed by atoms with E-state index in [1.54, 1.807) is 0 Å². The highest BCUT2D eigenvalue weighted by Crippen LogP contribution is 2.13. The quantitative estimate of drug-likeness (QED) is 0.0346. The first-order valence-corrected chi connectivity index (χ1v) is 26.0. The van der Waals surface area contributed by atoms with Gasteiger partial charge in [-0.2, -0.15) is 0 Å². The Morgan fingerprint density at radius 3 is 1.22 bits per heavy atom. The summed E-state index contributed by atoms with van der Waals surface area (Å²) in [6.07, 6.45) is 57.8. The molecule has 0 amide bonds. The van der Waals surface area contributed by atoms with Gasteiger partial charge in [0, 0.05) is 12.8 Å². The zero-order chi connectivity index (χ0) is 43.1. The van der Waals surface area contributed by atoms with E-state index in [2.05, 4.69) is 72.3 Å². The second-order valence-corrected chi connectivity index (χ2v) is 17.6. The zero-order valence-electron chi connectivity index (χ0n) is 39.8. The molecule has 0 bridgehead atoms. The number of carbonyl (C=O) groups excluding carboxylic acids is 2. The highest BCUT2D eigenvalue weighted by atomic mass is 16.5. The van der Waals surface area contributed by atoms with Crippen molar-refractivity contribution in [1.29, 1.82) is 0 Å². The molecule has 6 nitrogen and oxygen atoms in total. The molecule has 6 heteroatoms. The van der Waals surface area contributed by atoms with Crippen molar-refractivity contribution >= 4 is 11.9 Å². The zero-order valence-corrected chi connectivity index (χ0v) is 39.8. The van der Waals surface area contributed by atoms with Crippen molar-refractivity contribution in [2.75, 3.05) is 52.5 Å². The van der Waals surface area contributed by atoms with Gasteiger partial charge in [-0.05, 0) is 168 Å². The fourth-order valence-electron chi connectivity index (χ4n) is 7.92. The molecule has 348 valence electrons. The molecule has 0 saturated carbocycles. The molecule has 0 N–H and O–H groups in total. The summed E-state index contributed by atoms with van der Waals surface area (Å²) in [4.78, 5) is 30.0. The first-order valence-electron chi connectivity index (χ1n) is 26.0. The number of carbonyl (C=O) groups is 2. The van der Waals surface area contributed by atoms with Crippen LogP contribution in [0.4, 0.5) is 0 Å². The minimum absolute atomic E-state index is 0.0382. The molecular formula is C54H98N2O4. The molecule has 1 heterocycles. The van der Waals surface area contributed by atoms with Gasteiger partial charge < -0.3 is 19.3 Å². The first kappa shape index (κ1) is 55.8. The Hall–Kier alpha value is -2.18. The molecule has 1 aliphatic heterocycles. The SMILES string of the molecule is CCCCC/C=C\C/C=C\CCCCCCCCOC(=O)CCCCN(CCCCC(=O)OCCCCCCCC/C=C\C/C=C\CCCCC)CCCCN1CCCC1. The van der Waals surface area contributed by atoms with E-state index in [4.69, 9.17) is 9.47 Å². The molecule has 0 radical (unpaired) electrons. The van der Waals surface area contributed by atoms with Crippen LogP contribution in [0.5, 0.6) is 0 Å². The standard InChI is InChI=1S/C54H98N2O4/c1-3-5-7-9-11-13-15-17-19-21-23-25-27-29-31-41-51-59-53(57)43-33-35-45-55(47-37-38-48-56-49-39-40-50-56)46-36-34-44-54(58)60-52-42-32-30-28-26-24-22-20-18-16-14-12-10-8-6-4-2/h11-14,17-20H,3-10,15-16,21-52H2,1-2H3/b13-11-,14-12-,19-17-,20-18-. The molecule has 0 unspecified atom stereocenters. The number of likely N-dealkylation sites (tertiary alicyclic amines) is 1. The van der Waals surface area contributed by atoms with E-state index in [1.807, 2.05) is 0 Å². The van der Waals surface area contributed by atoms with Crippen molar-refractivity contribution < 1.29 is 19.1 Å². The van der Waals surface area contributed by atoms with E-state index in [-0.39, 0.29) is 11.9 Å².